The number of phenols is 1. The molecule has 1 fully saturated rings. The Morgan fingerprint density at radius 3 is 3.04 bits per heavy atom. The second-order valence-electron chi connectivity index (χ2n) is 5.46. The van der Waals surface area contributed by atoms with Crippen molar-refractivity contribution in [3.63, 3.8) is 0 Å². The Labute approximate surface area is 139 Å². The average molecular weight is 330 g/mol. The third-order valence-electron chi connectivity index (χ3n) is 3.84. The molecule has 0 spiro atoms. The summed E-state index contributed by atoms with van der Waals surface area (Å²) in [5.41, 5.74) is 1.47. The molecule has 0 saturated carbocycles. The monoisotopic (exact) mass is 330 g/mol. The van der Waals surface area contributed by atoms with Crippen LogP contribution in [0.25, 0.3) is 6.08 Å². The van der Waals surface area contributed by atoms with Crippen molar-refractivity contribution in [2.24, 2.45) is 5.92 Å². The Bertz CT molecular complexity index is 719. The van der Waals surface area contributed by atoms with Crippen molar-refractivity contribution < 1.29 is 19.4 Å². The van der Waals surface area contributed by atoms with Gasteiger partial charge in [0.1, 0.15) is 0 Å². The molecule has 1 atom stereocenters. The molecule has 1 aromatic heterocycles. The summed E-state index contributed by atoms with van der Waals surface area (Å²) in [7, 11) is 1.50. The van der Waals surface area contributed by atoms with E-state index in [-0.39, 0.29) is 17.5 Å². The molecule has 2 heterocycles. The smallest absolute Gasteiger partial charge is 0.166 e. The number of ether oxygens (including phenoxy) is 2. The number of carbonyl (C=O) groups is 1. The second kappa shape index (κ2) is 6.98. The number of hydrogen-bond donors (Lipinski definition) is 1. The quantitative estimate of drug-likeness (QED) is 0.874. The predicted octanol–water partition coefficient (Wildman–Crippen LogP) is 3.30. The standard InChI is InChI=1S/C18H18O4S/c1-21-17-8-12(4-5-16(17)19)7-13-10-22-11-14(18(13)20)9-15-3-2-6-23-15/h2-8,14,19H,9-11H2,1H3/b13-7+. The van der Waals surface area contributed by atoms with E-state index >= 15 is 0 Å². The van der Waals surface area contributed by atoms with E-state index in [1.54, 1.807) is 29.5 Å². The number of thiophene rings is 1. The molecule has 2 aromatic rings. The van der Waals surface area contributed by atoms with Gasteiger partial charge in [0.05, 0.1) is 26.2 Å². The third-order valence-corrected chi connectivity index (χ3v) is 4.73. The van der Waals surface area contributed by atoms with Crippen molar-refractivity contribution in [3.8, 4) is 11.5 Å². The van der Waals surface area contributed by atoms with Crippen LogP contribution < -0.4 is 4.74 Å². The minimum Gasteiger partial charge on any atom is -0.504 e. The number of rotatable bonds is 4. The van der Waals surface area contributed by atoms with Gasteiger partial charge in [-0.05, 0) is 41.6 Å². The summed E-state index contributed by atoms with van der Waals surface area (Å²) in [5.74, 6) is 0.472. The first-order chi connectivity index (χ1) is 11.2. The van der Waals surface area contributed by atoms with E-state index in [0.29, 0.717) is 31.0 Å². The Morgan fingerprint density at radius 1 is 1.43 bits per heavy atom. The summed E-state index contributed by atoms with van der Waals surface area (Å²) in [6.07, 6.45) is 2.53. The molecule has 1 aliphatic heterocycles. The van der Waals surface area contributed by atoms with Crippen LogP contribution in [0, 0.1) is 5.92 Å². The highest BCUT2D eigenvalue weighted by molar-refractivity contribution is 7.09. The zero-order chi connectivity index (χ0) is 16.2. The summed E-state index contributed by atoms with van der Waals surface area (Å²) in [6, 6.07) is 9.05. The highest BCUT2D eigenvalue weighted by Gasteiger charge is 2.27. The summed E-state index contributed by atoms with van der Waals surface area (Å²) in [4.78, 5) is 13.8. The SMILES string of the molecule is COc1cc(/C=C2\COCC(Cc3cccs3)C2=O)ccc1O. The van der Waals surface area contributed by atoms with E-state index in [2.05, 4.69) is 0 Å². The van der Waals surface area contributed by atoms with Crippen LogP contribution >= 0.6 is 11.3 Å². The minimum atomic E-state index is -0.132. The number of hydrogen-bond acceptors (Lipinski definition) is 5. The van der Waals surface area contributed by atoms with Gasteiger partial charge in [0, 0.05) is 10.5 Å². The molecule has 0 amide bonds. The number of Topliss-reactive ketones (excluding diaryl/α,β-unsaturated/α-hetero) is 1. The first-order valence-corrected chi connectivity index (χ1v) is 8.27. The normalized spacial score (nSPS) is 20.0. The fraction of sp³-hybridized carbons (Fsp3) is 0.278. The molecule has 0 bridgehead atoms. The second-order valence-corrected chi connectivity index (χ2v) is 6.49. The lowest BCUT2D eigenvalue weighted by Crippen LogP contribution is -2.31. The van der Waals surface area contributed by atoms with Gasteiger partial charge in [-0.3, -0.25) is 4.79 Å². The first-order valence-electron chi connectivity index (χ1n) is 7.39. The minimum absolute atomic E-state index is 0.0800. The predicted molar refractivity (Wildman–Crippen MR) is 90.0 cm³/mol. The molecule has 5 heteroatoms. The number of carbonyl (C=O) groups excluding carboxylic acids is 1. The Balaban J connectivity index is 1.80. The molecule has 23 heavy (non-hydrogen) atoms. The van der Waals surface area contributed by atoms with Crippen molar-refractivity contribution in [1.82, 2.24) is 0 Å². The lowest BCUT2D eigenvalue weighted by molar-refractivity contribution is -0.124. The lowest BCUT2D eigenvalue weighted by atomic mass is 9.91. The van der Waals surface area contributed by atoms with Crippen LogP contribution in [0.15, 0.2) is 41.3 Å². The van der Waals surface area contributed by atoms with Crippen LogP contribution in [0.5, 0.6) is 11.5 Å². The number of ketones is 1. The fourth-order valence-corrected chi connectivity index (χ4v) is 3.43. The van der Waals surface area contributed by atoms with Crippen molar-refractivity contribution in [2.45, 2.75) is 6.42 Å². The molecular formula is C18H18O4S. The molecule has 0 aliphatic carbocycles. The summed E-state index contributed by atoms with van der Waals surface area (Å²) in [6.45, 7) is 0.788. The van der Waals surface area contributed by atoms with Crippen molar-refractivity contribution >= 4 is 23.2 Å². The van der Waals surface area contributed by atoms with Crippen molar-refractivity contribution in [2.75, 3.05) is 20.3 Å². The molecule has 1 N–H and O–H groups in total. The van der Waals surface area contributed by atoms with E-state index < -0.39 is 0 Å². The lowest BCUT2D eigenvalue weighted by Gasteiger charge is -2.23. The van der Waals surface area contributed by atoms with Gasteiger partial charge in [-0.1, -0.05) is 12.1 Å². The van der Waals surface area contributed by atoms with Crippen LogP contribution in [0.1, 0.15) is 10.4 Å². The Kier molecular flexibility index (Phi) is 4.79. The first kappa shape index (κ1) is 15.8. The molecular weight excluding hydrogens is 312 g/mol. The van der Waals surface area contributed by atoms with Gasteiger partial charge in [0.15, 0.2) is 17.3 Å². The fourth-order valence-electron chi connectivity index (χ4n) is 2.64. The number of aromatic hydroxyl groups is 1. The summed E-state index contributed by atoms with van der Waals surface area (Å²) < 4.78 is 10.7. The van der Waals surface area contributed by atoms with Crippen LogP contribution in [-0.2, 0) is 16.0 Å². The maximum absolute atomic E-state index is 12.7. The van der Waals surface area contributed by atoms with Crippen molar-refractivity contribution in [1.29, 1.82) is 0 Å². The van der Waals surface area contributed by atoms with Crippen LogP contribution in [-0.4, -0.2) is 31.2 Å². The van der Waals surface area contributed by atoms with Crippen LogP contribution in [0.4, 0.5) is 0 Å². The third kappa shape index (κ3) is 3.63. The maximum atomic E-state index is 12.7. The van der Waals surface area contributed by atoms with Gasteiger partial charge in [0.2, 0.25) is 0 Å². The molecule has 1 unspecified atom stereocenters. The molecule has 120 valence electrons. The largest absolute Gasteiger partial charge is 0.504 e. The zero-order valence-electron chi connectivity index (χ0n) is 12.8. The van der Waals surface area contributed by atoms with E-state index in [4.69, 9.17) is 9.47 Å². The van der Waals surface area contributed by atoms with E-state index in [1.807, 2.05) is 23.6 Å². The highest BCUT2D eigenvalue weighted by Crippen LogP contribution is 2.28. The van der Waals surface area contributed by atoms with Gasteiger partial charge in [0.25, 0.3) is 0 Å². The van der Waals surface area contributed by atoms with Gasteiger partial charge in [-0.2, -0.15) is 0 Å². The molecule has 4 nitrogen and oxygen atoms in total. The van der Waals surface area contributed by atoms with Gasteiger partial charge >= 0.3 is 0 Å². The molecule has 3 rings (SSSR count). The van der Waals surface area contributed by atoms with E-state index in [0.717, 1.165) is 5.56 Å². The topological polar surface area (TPSA) is 55.8 Å². The maximum Gasteiger partial charge on any atom is 0.166 e. The number of phenolic OH excluding ortho intramolecular Hbond substituents is 1. The molecule has 1 aliphatic rings. The van der Waals surface area contributed by atoms with E-state index in [1.165, 1.54) is 12.0 Å². The van der Waals surface area contributed by atoms with Crippen LogP contribution in [0.3, 0.4) is 0 Å². The highest BCUT2D eigenvalue weighted by atomic mass is 32.1. The van der Waals surface area contributed by atoms with Crippen molar-refractivity contribution in [3.05, 3.63) is 51.7 Å². The number of methoxy groups -OCH3 is 1. The summed E-state index contributed by atoms with van der Waals surface area (Å²) >= 11 is 1.66. The average Bonchev–Trinajstić information content (AvgIpc) is 3.06. The van der Waals surface area contributed by atoms with Crippen LogP contribution in [0.2, 0.25) is 0 Å². The molecule has 0 radical (unpaired) electrons. The molecule has 1 aromatic carbocycles. The molecule has 1 saturated heterocycles. The van der Waals surface area contributed by atoms with Gasteiger partial charge in [-0.15, -0.1) is 11.3 Å². The zero-order valence-corrected chi connectivity index (χ0v) is 13.6. The Morgan fingerprint density at radius 2 is 2.30 bits per heavy atom. The summed E-state index contributed by atoms with van der Waals surface area (Å²) in [5, 5.41) is 11.7. The van der Waals surface area contributed by atoms with E-state index in [9.17, 15) is 9.90 Å². The van der Waals surface area contributed by atoms with Gasteiger partial charge < -0.3 is 14.6 Å². The van der Waals surface area contributed by atoms with Gasteiger partial charge in [-0.25, -0.2) is 0 Å². The number of benzene rings is 1. The Hall–Kier alpha value is -2.11.